The number of benzene rings is 3. The largest absolute Gasteiger partial charge is 0.489 e. The van der Waals surface area contributed by atoms with E-state index in [1.54, 1.807) is 0 Å². The Morgan fingerprint density at radius 3 is 2.06 bits per heavy atom. The first kappa shape index (κ1) is 10.3. The van der Waals surface area contributed by atoms with Crippen molar-refractivity contribution in [2.45, 2.75) is 0 Å². The van der Waals surface area contributed by atoms with E-state index in [0.717, 1.165) is 21.5 Å². The van der Waals surface area contributed by atoms with Gasteiger partial charge in [0.2, 0.25) is 0 Å². The molecule has 0 saturated heterocycles. The summed E-state index contributed by atoms with van der Waals surface area (Å²) in [6.07, 6.45) is 0. The Hall–Kier alpha value is -1.84. The maximum atomic E-state index is 9.44. The molecule has 0 aliphatic heterocycles. The fourth-order valence-corrected chi connectivity index (χ4v) is 2.30. The van der Waals surface area contributed by atoms with Crippen LogP contribution in [0.25, 0.3) is 21.5 Å². The minimum atomic E-state index is -1.44. The molecule has 0 unspecified atom stereocenters. The highest BCUT2D eigenvalue weighted by molar-refractivity contribution is 6.62. The smallest absolute Gasteiger partial charge is 0.423 e. The summed E-state index contributed by atoms with van der Waals surface area (Å²) < 4.78 is 0. The Balaban J connectivity index is 0.000000902. The maximum absolute atomic E-state index is 9.44. The Kier molecular flexibility index (Phi) is 2.36. The van der Waals surface area contributed by atoms with Crippen LogP contribution in [0.2, 0.25) is 0 Å². The van der Waals surface area contributed by atoms with Gasteiger partial charge in [-0.2, -0.15) is 0 Å². The zero-order valence-electron chi connectivity index (χ0n) is 9.17. The third kappa shape index (κ3) is 1.60. The highest BCUT2D eigenvalue weighted by atomic mass is 16.4. The standard InChI is InChI=1S/C14H11BO2.2H2/c16-15(17)14-9-10-5-1-2-6-11(10)12-7-3-4-8-13(12)14;;/h1-9,16-17H;2*1H. The lowest BCUT2D eigenvalue weighted by atomic mass is 9.76. The summed E-state index contributed by atoms with van der Waals surface area (Å²) in [6.45, 7) is 0. The van der Waals surface area contributed by atoms with Gasteiger partial charge >= 0.3 is 7.12 Å². The summed E-state index contributed by atoms with van der Waals surface area (Å²) in [7, 11) is -1.44. The SMILES string of the molecule is OB(O)c1cc2ccccc2c2ccccc12.[HH].[HH]. The molecule has 2 N–H and O–H groups in total. The Bertz CT molecular complexity index is 701. The van der Waals surface area contributed by atoms with Crippen molar-refractivity contribution in [1.82, 2.24) is 0 Å². The fraction of sp³-hybridized carbons (Fsp3) is 0. The van der Waals surface area contributed by atoms with Crippen LogP contribution >= 0.6 is 0 Å². The van der Waals surface area contributed by atoms with Gasteiger partial charge in [-0.3, -0.25) is 0 Å². The van der Waals surface area contributed by atoms with Gasteiger partial charge in [-0.1, -0.05) is 54.6 Å². The van der Waals surface area contributed by atoms with Crippen molar-refractivity contribution in [2.24, 2.45) is 0 Å². The Labute approximate surface area is 102 Å². The van der Waals surface area contributed by atoms with Gasteiger partial charge in [0.25, 0.3) is 0 Å². The molecule has 0 aliphatic carbocycles. The summed E-state index contributed by atoms with van der Waals surface area (Å²) in [6, 6.07) is 17.6. The molecule has 0 fully saturated rings. The van der Waals surface area contributed by atoms with E-state index in [1.807, 2.05) is 54.6 Å². The van der Waals surface area contributed by atoms with Crippen molar-refractivity contribution in [3.8, 4) is 0 Å². The maximum Gasteiger partial charge on any atom is 0.489 e. The van der Waals surface area contributed by atoms with E-state index >= 15 is 0 Å². The highest BCUT2D eigenvalue weighted by Crippen LogP contribution is 2.23. The molecule has 3 rings (SSSR count). The molecule has 0 aliphatic rings. The molecule has 0 heterocycles. The van der Waals surface area contributed by atoms with Crippen molar-refractivity contribution < 1.29 is 12.9 Å². The predicted molar refractivity (Wildman–Crippen MR) is 75.5 cm³/mol. The first-order valence-corrected chi connectivity index (χ1v) is 5.54. The van der Waals surface area contributed by atoms with Crippen LogP contribution in [0.3, 0.4) is 0 Å². The molecular formula is C14H15BO2. The van der Waals surface area contributed by atoms with E-state index in [1.165, 1.54) is 0 Å². The Morgan fingerprint density at radius 2 is 1.35 bits per heavy atom. The summed E-state index contributed by atoms with van der Waals surface area (Å²) in [5.74, 6) is 0. The van der Waals surface area contributed by atoms with Crippen molar-refractivity contribution in [2.75, 3.05) is 0 Å². The second kappa shape index (κ2) is 3.88. The van der Waals surface area contributed by atoms with Gasteiger partial charge in [-0.15, -0.1) is 0 Å². The lowest BCUT2D eigenvalue weighted by Crippen LogP contribution is -2.30. The van der Waals surface area contributed by atoms with Gasteiger partial charge in [0, 0.05) is 2.85 Å². The first-order valence-electron chi connectivity index (χ1n) is 5.54. The van der Waals surface area contributed by atoms with Crippen molar-refractivity contribution in [3.05, 3.63) is 54.6 Å². The summed E-state index contributed by atoms with van der Waals surface area (Å²) in [5.41, 5.74) is 0.555. The third-order valence-electron chi connectivity index (χ3n) is 3.08. The van der Waals surface area contributed by atoms with Crippen LogP contribution in [-0.4, -0.2) is 17.2 Å². The number of hydrogen-bond acceptors (Lipinski definition) is 2. The monoisotopic (exact) mass is 226 g/mol. The van der Waals surface area contributed by atoms with Crippen molar-refractivity contribution in [1.29, 1.82) is 0 Å². The highest BCUT2D eigenvalue weighted by Gasteiger charge is 2.16. The topological polar surface area (TPSA) is 40.5 Å². The molecular weight excluding hydrogens is 211 g/mol. The van der Waals surface area contributed by atoms with Crippen LogP contribution in [0.1, 0.15) is 2.85 Å². The lowest BCUT2D eigenvalue weighted by molar-refractivity contribution is 0.426. The second-order valence-corrected chi connectivity index (χ2v) is 4.11. The molecule has 0 bridgehead atoms. The molecule has 17 heavy (non-hydrogen) atoms. The summed E-state index contributed by atoms with van der Waals surface area (Å²) >= 11 is 0. The molecule has 0 atom stereocenters. The van der Waals surface area contributed by atoms with Crippen LogP contribution in [-0.2, 0) is 0 Å². The lowest BCUT2D eigenvalue weighted by Gasteiger charge is -2.09. The van der Waals surface area contributed by atoms with Crippen LogP contribution < -0.4 is 5.46 Å². The average molecular weight is 226 g/mol. The minimum Gasteiger partial charge on any atom is -0.423 e. The molecule has 0 aromatic heterocycles. The van der Waals surface area contributed by atoms with Gasteiger partial charge < -0.3 is 10.0 Å². The normalized spacial score (nSPS) is 10.9. The number of rotatable bonds is 1. The van der Waals surface area contributed by atoms with E-state index < -0.39 is 7.12 Å². The average Bonchev–Trinajstić information content (AvgIpc) is 2.37. The number of fused-ring (bicyclic) bond motifs is 3. The summed E-state index contributed by atoms with van der Waals surface area (Å²) in [4.78, 5) is 0. The number of hydrogen-bond donors (Lipinski definition) is 2. The fourth-order valence-electron chi connectivity index (χ4n) is 2.30. The van der Waals surface area contributed by atoms with E-state index in [-0.39, 0.29) is 2.85 Å². The molecule has 0 saturated carbocycles. The van der Waals surface area contributed by atoms with Crippen LogP contribution in [0, 0.1) is 0 Å². The third-order valence-corrected chi connectivity index (χ3v) is 3.08. The van der Waals surface area contributed by atoms with Crippen LogP contribution in [0.5, 0.6) is 0 Å². The zero-order chi connectivity index (χ0) is 11.8. The second-order valence-electron chi connectivity index (χ2n) is 4.11. The molecule has 3 aromatic rings. The van der Waals surface area contributed by atoms with Gasteiger partial charge in [-0.25, -0.2) is 0 Å². The molecule has 0 amide bonds. The molecule has 2 nitrogen and oxygen atoms in total. The van der Waals surface area contributed by atoms with Gasteiger partial charge in [0.15, 0.2) is 0 Å². The van der Waals surface area contributed by atoms with Gasteiger partial charge in [-0.05, 0) is 27.0 Å². The van der Waals surface area contributed by atoms with Crippen LogP contribution in [0.15, 0.2) is 54.6 Å². The van der Waals surface area contributed by atoms with E-state index in [9.17, 15) is 10.0 Å². The molecule has 0 radical (unpaired) electrons. The Morgan fingerprint density at radius 1 is 0.765 bits per heavy atom. The van der Waals surface area contributed by atoms with E-state index in [0.29, 0.717) is 5.46 Å². The summed E-state index contributed by atoms with van der Waals surface area (Å²) in [5, 5.41) is 23.0. The molecule has 0 spiro atoms. The quantitative estimate of drug-likeness (QED) is 0.493. The zero-order valence-corrected chi connectivity index (χ0v) is 9.17. The van der Waals surface area contributed by atoms with Gasteiger partial charge in [0.1, 0.15) is 0 Å². The van der Waals surface area contributed by atoms with Gasteiger partial charge in [0.05, 0.1) is 0 Å². The first-order chi connectivity index (χ1) is 8.27. The van der Waals surface area contributed by atoms with E-state index in [4.69, 9.17) is 0 Å². The van der Waals surface area contributed by atoms with Crippen LogP contribution in [0.4, 0.5) is 0 Å². The molecule has 3 heteroatoms. The predicted octanol–water partition coefficient (Wildman–Crippen LogP) is 2.16. The van der Waals surface area contributed by atoms with Crippen molar-refractivity contribution in [3.63, 3.8) is 0 Å². The molecule has 86 valence electrons. The molecule has 3 aromatic carbocycles. The minimum absolute atomic E-state index is 0. The van der Waals surface area contributed by atoms with E-state index in [2.05, 4.69) is 0 Å². The van der Waals surface area contributed by atoms with Crippen molar-refractivity contribution >= 4 is 34.1 Å².